The Balaban J connectivity index is 1.69. The van der Waals surface area contributed by atoms with E-state index < -0.39 is 0 Å². The van der Waals surface area contributed by atoms with Crippen LogP contribution in [-0.4, -0.2) is 29.9 Å². The summed E-state index contributed by atoms with van der Waals surface area (Å²) in [6, 6.07) is 45.0. The molecule has 0 radical (unpaired) electrons. The Labute approximate surface area is 192 Å². The van der Waals surface area contributed by atoms with E-state index in [1.165, 1.54) is 32.9 Å². The summed E-state index contributed by atoms with van der Waals surface area (Å²) in [6.07, 6.45) is 2.52. The summed E-state index contributed by atoms with van der Waals surface area (Å²) in [6.45, 7) is 0. The van der Waals surface area contributed by atoms with Gasteiger partial charge >= 0.3 is 193 Å². The molecule has 5 rings (SSSR count). The molecule has 0 amide bonds. The molecule has 1 fully saturated rings. The molecule has 1 saturated carbocycles. The molecule has 0 bridgehead atoms. The van der Waals surface area contributed by atoms with Crippen molar-refractivity contribution < 1.29 is 0 Å². The van der Waals surface area contributed by atoms with Gasteiger partial charge in [-0.1, -0.05) is 0 Å². The molecule has 0 spiro atoms. The van der Waals surface area contributed by atoms with E-state index in [0.29, 0.717) is 29.9 Å². The second-order valence-corrected chi connectivity index (χ2v) is 14.8. The third-order valence-electron chi connectivity index (χ3n) is 6.06. The monoisotopic (exact) mass is 520 g/mol. The molecule has 0 aliphatic heterocycles. The van der Waals surface area contributed by atoms with E-state index in [1.54, 1.807) is 0 Å². The van der Waals surface area contributed by atoms with E-state index in [2.05, 4.69) is 121 Å². The van der Waals surface area contributed by atoms with Crippen LogP contribution >= 0.6 is 0 Å². The Bertz CT molecular complexity index is 996. The first-order valence-corrected chi connectivity index (χ1v) is 13.8. The summed E-state index contributed by atoms with van der Waals surface area (Å²) in [5.74, 6) is 0. The fraction of sp³-hybridized carbons (Fsp3) is 0.143. The average Bonchev–Trinajstić information content (AvgIpc) is 2.81. The van der Waals surface area contributed by atoms with Crippen molar-refractivity contribution in [3.63, 3.8) is 0 Å². The van der Waals surface area contributed by atoms with Crippen LogP contribution in [0.3, 0.4) is 0 Å². The van der Waals surface area contributed by atoms with Gasteiger partial charge in [-0.2, -0.15) is 0 Å². The summed E-state index contributed by atoms with van der Waals surface area (Å²) in [4.78, 5) is 0. The Hall–Kier alpha value is -2.08. The van der Waals surface area contributed by atoms with Gasteiger partial charge in [0, 0.05) is 0 Å². The molecule has 1 aliphatic carbocycles. The first-order valence-electron chi connectivity index (χ1n) is 10.4. The van der Waals surface area contributed by atoms with E-state index in [-0.39, 0.29) is 8.63 Å². The van der Waals surface area contributed by atoms with Crippen LogP contribution in [0.1, 0.15) is 24.0 Å². The van der Waals surface area contributed by atoms with Crippen LogP contribution < -0.4 is 8.92 Å². The molecule has 0 N–H and O–H groups in total. The minimum atomic E-state index is 0.0845. The molecular weight excluding hydrogens is 494 g/mol. The van der Waals surface area contributed by atoms with Gasteiger partial charge < -0.3 is 0 Å². The topological polar surface area (TPSA) is 0 Å². The fourth-order valence-corrected chi connectivity index (χ4v) is 13.0. The molecule has 0 aromatic heterocycles. The van der Waals surface area contributed by atoms with Crippen LogP contribution in [0.5, 0.6) is 0 Å². The fourth-order valence-electron chi connectivity index (χ4n) is 4.57. The van der Waals surface area contributed by atoms with Gasteiger partial charge in [-0.25, -0.2) is 0 Å². The Kier molecular flexibility index (Phi) is 5.68. The summed E-state index contributed by atoms with van der Waals surface area (Å²) < 4.78 is 3.30. The number of hydrogen-bond acceptors (Lipinski definition) is 0. The van der Waals surface area contributed by atoms with Crippen molar-refractivity contribution in [3.8, 4) is 0 Å². The predicted molar refractivity (Wildman–Crippen MR) is 129 cm³/mol. The van der Waals surface area contributed by atoms with Gasteiger partial charge in [0.2, 0.25) is 0 Å². The quantitative estimate of drug-likeness (QED) is 0.318. The molecule has 2 heteroatoms. The molecule has 0 heterocycles. The minimum absolute atomic E-state index is 0.0845. The molecule has 0 saturated heterocycles. The van der Waals surface area contributed by atoms with Crippen molar-refractivity contribution in [2.24, 2.45) is 0 Å². The van der Waals surface area contributed by atoms with Gasteiger partial charge in [0.15, 0.2) is 0 Å². The third kappa shape index (κ3) is 3.49. The summed E-state index contributed by atoms with van der Waals surface area (Å²) in [5, 5.41) is 0. The standard InChI is InChI=1S/C28H24Se2/c1-5-13-23(14-6-1)27(24-15-7-2-8-16-24)21-22-28(27,29-25-17-9-3-10-18-25)30-26-19-11-4-12-20-26/h1-20H,21-22H2. The normalized spacial score (nSPS) is 16.5. The van der Waals surface area contributed by atoms with Crippen LogP contribution in [0.2, 0.25) is 3.21 Å². The molecule has 148 valence electrons. The van der Waals surface area contributed by atoms with E-state index in [4.69, 9.17) is 0 Å². The number of hydrogen-bond donors (Lipinski definition) is 0. The molecule has 30 heavy (non-hydrogen) atoms. The zero-order valence-electron chi connectivity index (χ0n) is 16.8. The molecule has 0 nitrogen and oxygen atoms in total. The zero-order valence-corrected chi connectivity index (χ0v) is 20.2. The second kappa shape index (κ2) is 8.58. The molecule has 4 aromatic carbocycles. The van der Waals surface area contributed by atoms with Crippen LogP contribution in [0.15, 0.2) is 121 Å². The number of benzene rings is 4. The molecule has 0 unspecified atom stereocenters. The summed E-state index contributed by atoms with van der Waals surface area (Å²) in [5.41, 5.74) is 3.05. The van der Waals surface area contributed by atoms with Crippen LogP contribution in [0.4, 0.5) is 0 Å². The molecule has 1 aliphatic rings. The van der Waals surface area contributed by atoms with Gasteiger partial charge in [-0.15, -0.1) is 0 Å². The molecular formula is C28H24Se2. The van der Waals surface area contributed by atoms with Gasteiger partial charge in [0.05, 0.1) is 0 Å². The van der Waals surface area contributed by atoms with E-state index in [9.17, 15) is 0 Å². The maximum absolute atomic E-state index is 2.36. The second-order valence-electron chi connectivity index (χ2n) is 7.72. The zero-order chi connectivity index (χ0) is 20.3. The van der Waals surface area contributed by atoms with Gasteiger partial charge in [-0.3, -0.25) is 0 Å². The Morgan fingerprint density at radius 3 is 1.13 bits per heavy atom. The van der Waals surface area contributed by atoms with E-state index >= 15 is 0 Å². The molecule has 4 aromatic rings. The summed E-state index contributed by atoms with van der Waals surface area (Å²) >= 11 is 0.766. The van der Waals surface area contributed by atoms with Crippen LogP contribution in [0, 0.1) is 0 Å². The van der Waals surface area contributed by atoms with Crippen LogP contribution in [0.25, 0.3) is 0 Å². The van der Waals surface area contributed by atoms with Gasteiger partial charge in [0.1, 0.15) is 0 Å². The summed E-state index contributed by atoms with van der Waals surface area (Å²) in [7, 11) is 0. The average molecular weight is 518 g/mol. The first-order chi connectivity index (χ1) is 14.8. The van der Waals surface area contributed by atoms with E-state index in [0.717, 1.165) is 0 Å². The predicted octanol–water partition coefficient (Wildman–Crippen LogP) is 4.94. The van der Waals surface area contributed by atoms with Crippen molar-refractivity contribution in [2.75, 3.05) is 0 Å². The SMILES string of the molecule is c1ccc([Se]C2([Se]c3ccccc3)CCC2(c2ccccc2)c2ccccc2)cc1. The van der Waals surface area contributed by atoms with Crippen LogP contribution in [-0.2, 0) is 5.41 Å². The van der Waals surface area contributed by atoms with Crippen molar-refractivity contribution in [1.29, 1.82) is 0 Å². The van der Waals surface area contributed by atoms with Gasteiger partial charge in [-0.05, 0) is 0 Å². The Morgan fingerprint density at radius 2 is 0.800 bits per heavy atom. The van der Waals surface area contributed by atoms with Crippen molar-refractivity contribution >= 4 is 38.8 Å². The van der Waals surface area contributed by atoms with Gasteiger partial charge in [0.25, 0.3) is 0 Å². The molecule has 0 atom stereocenters. The third-order valence-corrected chi connectivity index (χ3v) is 13.7. The number of rotatable bonds is 6. The first kappa shape index (κ1) is 19.9. The maximum atomic E-state index is 2.36. The van der Waals surface area contributed by atoms with Crippen molar-refractivity contribution in [1.82, 2.24) is 0 Å². The van der Waals surface area contributed by atoms with E-state index in [1.807, 2.05) is 0 Å². The van der Waals surface area contributed by atoms with Crippen molar-refractivity contribution in [2.45, 2.75) is 21.5 Å². The Morgan fingerprint density at radius 1 is 0.433 bits per heavy atom. The van der Waals surface area contributed by atoms with Crippen molar-refractivity contribution in [3.05, 3.63) is 132 Å².